The minimum atomic E-state index is 0.362. The largest absolute Gasteiger partial charge is 0.340 e. The molecule has 0 bridgehead atoms. The summed E-state index contributed by atoms with van der Waals surface area (Å²) in [6.45, 7) is 3.21. The van der Waals surface area contributed by atoms with E-state index in [9.17, 15) is 0 Å². The number of imidazole rings is 1. The molecule has 1 saturated heterocycles. The Kier molecular flexibility index (Phi) is 2.22. The Bertz CT molecular complexity index is 257. The standard InChI is InChI=1S/C9H16N4/c1-7-6-8(10)2-5-13(7)9-11-3-4-12-9/h3-4,7-8H,2,5-6,10H2,1H3,(H,11,12). The molecule has 4 nitrogen and oxygen atoms in total. The van der Waals surface area contributed by atoms with E-state index in [1.54, 1.807) is 6.20 Å². The van der Waals surface area contributed by atoms with E-state index in [1.165, 1.54) is 0 Å². The Labute approximate surface area is 78.1 Å². The van der Waals surface area contributed by atoms with Crippen LogP contribution in [0.25, 0.3) is 0 Å². The van der Waals surface area contributed by atoms with Crippen LogP contribution < -0.4 is 10.6 Å². The summed E-state index contributed by atoms with van der Waals surface area (Å²) in [5, 5.41) is 0. The van der Waals surface area contributed by atoms with E-state index in [2.05, 4.69) is 21.8 Å². The molecule has 0 aliphatic carbocycles. The fraction of sp³-hybridized carbons (Fsp3) is 0.667. The Balaban J connectivity index is 2.08. The highest BCUT2D eigenvalue weighted by Gasteiger charge is 2.24. The van der Waals surface area contributed by atoms with Crippen molar-refractivity contribution in [1.29, 1.82) is 0 Å². The summed E-state index contributed by atoms with van der Waals surface area (Å²) in [4.78, 5) is 9.65. The Morgan fingerprint density at radius 3 is 3.15 bits per heavy atom. The van der Waals surface area contributed by atoms with Gasteiger partial charge in [0.25, 0.3) is 0 Å². The minimum Gasteiger partial charge on any atom is -0.340 e. The van der Waals surface area contributed by atoms with Crippen molar-refractivity contribution < 1.29 is 0 Å². The number of hydrogen-bond acceptors (Lipinski definition) is 3. The fourth-order valence-electron chi connectivity index (χ4n) is 1.94. The molecule has 0 saturated carbocycles. The monoisotopic (exact) mass is 180 g/mol. The first-order valence-corrected chi connectivity index (χ1v) is 4.79. The highest BCUT2D eigenvalue weighted by Crippen LogP contribution is 2.20. The molecule has 0 aromatic carbocycles. The van der Waals surface area contributed by atoms with Gasteiger partial charge in [-0.2, -0.15) is 0 Å². The van der Waals surface area contributed by atoms with E-state index >= 15 is 0 Å². The summed E-state index contributed by atoms with van der Waals surface area (Å²) in [7, 11) is 0. The molecule has 2 atom stereocenters. The second-order valence-corrected chi connectivity index (χ2v) is 3.74. The number of H-pyrrole nitrogens is 1. The number of nitrogens with one attached hydrogen (secondary N) is 1. The maximum atomic E-state index is 5.88. The molecule has 0 radical (unpaired) electrons. The van der Waals surface area contributed by atoms with Crippen LogP contribution in [0.4, 0.5) is 5.95 Å². The number of nitrogens with two attached hydrogens (primary N) is 1. The smallest absolute Gasteiger partial charge is 0.202 e. The van der Waals surface area contributed by atoms with Gasteiger partial charge < -0.3 is 15.6 Å². The number of rotatable bonds is 1. The number of nitrogens with zero attached hydrogens (tertiary/aromatic N) is 2. The minimum absolute atomic E-state index is 0.362. The van der Waals surface area contributed by atoms with Crippen molar-refractivity contribution in [2.75, 3.05) is 11.4 Å². The zero-order valence-electron chi connectivity index (χ0n) is 7.90. The molecule has 1 aliphatic rings. The summed E-state index contributed by atoms with van der Waals surface area (Å²) < 4.78 is 0. The lowest BCUT2D eigenvalue weighted by Crippen LogP contribution is -2.46. The van der Waals surface area contributed by atoms with Gasteiger partial charge in [-0.1, -0.05) is 0 Å². The van der Waals surface area contributed by atoms with Crippen LogP contribution in [-0.4, -0.2) is 28.6 Å². The quantitative estimate of drug-likeness (QED) is 0.669. The molecule has 2 heterocycles. The van der Waals surface area contributed by atoms with E-state index in [1.807, 2.05) is 6.20 Å². The van der Waals surface area contributed by atoms with Crippen molar-refractivity contribution >= 4 is 5.95 Å². The summed E-state index contributed by atoms with van der Waals surface area (Å²) in [6, 6.07) is 0.858. The van der Waals surface area contributed by atoms with Gasteiger partial charge in [-0.05, 0) is 19.8 Å². The number of aromatic amines is 1. The molecule has 1 fully saturated rings. The number of anilines is 1. The molecule has 0 amide bonds. The average Bonchev–Trinajstić information content (AvgIpc) is 2.56. The van der Waals surface area contributed by atoms with Crippen LogP contribution in [0.1, 0.15) is 19.8 Å². The first-order valence-electron chi connectivity index (χ1n) is 4.79. The third-order valence-electron chi connectivity index (χ3n) is 2.67. The molecule has 72 valence electrons. The van der Waals surface area contributed by atoms with Crippen molar-refractivity contribution in [3.63, 3.8) is 0 Å². The van der Waals surface area contributed by atoms with E-state index in [0.717, 1.165) is 25.3 Å². The van der Waals surface area contributed by atoms with Crippen LogP contribution in [-0.2, 0) is 0 Å². The van der Waals surface area contributed by atoms with Gasteiger partial charge in [-0.25, -0.2) is 4.98 Å². The summed E-state index contributed by atoms with van der Waals surface area (Å²) >= 11 is 0. The number of piperidine rings is 1. The van der Waals surface area contributed by atoms with Gasteiger partial charge in [-0.15, -0.1) is 0 Å². The third kappa shape index (κ3) is 1.67. The van der Waals surface area contributed by atoms with Crippen molar-refractivity contribution in [3.8, 4) is 0 Å². The van der Waals surface area contributed by atoms with Crippen molar-refractivity contribution in [2.24, 2.45) is 5.73 Å². The van der Waals surface area contributed by atoms with E-state index in [4.69, 9.17) is 5.73 Å². The molecular weight excluding hydrogens is 164 g/mol. The maximum absolute atomic E-state index is 5.88. The van der Waals surface area contributed by atoms with Crippen LogP contribution in [0.3, 0.4) is 0 Å². The van der Waals surface area contributed by atoms with Gasteiger partial charge in [-0.3, -0.25) is 0 Å². The average molecular weight is 180 g/mol. The van der Waals surface area contributed by atoms with Gasteiger partial charge in [0.05, 0.1) is 0 Å². The molecule has 2 unspecified atom stereocenters. The van der Waals surface area contributed by atoms with Gasteiger partial charge in [0.1, 0.15) is 0 Å². The van der Waals surface area contributed by atoms with Gasteiger partial charge in [0.15, 0.2) is 0 Å². The lowest BCUT2D eigenvalue weighted by atomic mass is 10.00. The molecule has 4 heteroatoms. The molecule has 3 N–H and O–H groups in total. The van der Waals surface area contributed by atoms with E-state index in [-0.39, 0.29) is 0 Å². The lowest BCUT2D eigenvalue weighted by Gasteiger charge is -2.36. The predicted molar refractivity (Wildman–Crippen MR) is 52.6 cm³/mol. The zero-order valence-corrected chi connectivity index (χ0v) is 7.90. The first-order chi connectivity index (χ1) is 6.27. The van der Waals surface area contributed by atoms with Crippen LogP contribution in [0, 0.1) is 0 Å². The fourth-order valence-corrected chi connectivity index (χ4v) is 1.94. The summed E-state index contributed by atoms with van der Waals surface area (Å²) in [5.41, 5.74) is 5.88. The Hall–Kier alpha value is -1.03. The van der Waals surface area contributed by atoms with E-state index in [0.29, 0.717) is 12.1 Å². The lowest BCUT2D eigenvalue weighted by molar-refractivity contribution is 0.425. The maximum Gasteiger partial charge on any atom is 0.202 e. The highest BCUT2D eigenvalue weighted by molar-refractivity contribution is 5.31. The normalized spacial score (nSPS) is 29.2. The van der Waals surface area contributed by atoms with Crippen molar-refractivity contribution in [1.82, 2.24) is 9.97 Å². The van der Waals surface area contributed by atoms with Crippen LogP contribution >= 0.6 is 0 Å². The molecule has 1 aromatic rings. The second kappa shape index (κ2) is 3.38. The molecule has 1 aromatic heterocycles. The number of hydrogen-bond donors (Lipinski definition) is 2. The van der Waals surface area contributed by atoms with Gasteiger partial charge >= 0.3 is 0 Å². The van der Waals surface area contributed by atoms with Gasteiger partial charge in [0.2, 0.25) is 5.95 Å². The van der Waals surface area contributed by atoms with Crippen LogP contribution in [0.15, 0.2) is 12.4 Å². The highest BCUT2D eigenvalue weighted by atomic mass is 15.3. The molecule has 2 rings (SSSR count). The molecular formula is C9H16N4. The van der Waals surface area contributed by atoms with Crippen molar-refractivity contribution in [2.45, 2.75) is 31.8 Å². The zero-order chi connectivity index (χ0) is 9.26. The molecule has 13 heavy (non-hydrogen) atoms. The Morgan fingerprint density at radius 2 is 2.54 bits per heavy atom. The first kappa shape index (κ1) is 8.56. The number of aromatic nitrogens is 2. The van der Waals surface area contributed by atoms with Gasteiger partial charge in [0, 0.05) is 31.0 Å². The van der Waals surface area contributed by atoms with E-state index < -0.39 is 0 Å². The summed E-state index contributed by atoms with van der Waals surface area (Å²) in [6.07, 6.45) is 5.76. The topological polar surface area (TPSA) is 57.9 Å². The molecule has 1 aliphatic heterocycles. The van der Waals surface area contributed by atoms with Crippen LogP contribution in [0.5, 0.6) is 0 Å². The SMILES string of the molecule is CC1CC(N)CCN1c1ncc[nH]1. The van der Waals surface area contributed by atoms with Crippen LogP contribution in [0.2, 0.25) is 0 Å². The summed E-state index contributed by atoms with van der Waals surface area (Å²) in [5.74, 6) is 0.972. The third-order valence-corrected chi connectivity index (χ3v) is 2.67. The Morgan fingerprint density at radius 1 is 1.69 bits per heavy atom. The van der Waals surface area contributed by atoms with Crippen molar-refractivity contribution in [3.05, 3.63) is 12.4 Å². The molecule has 0 spiro atoms. The predicted octanol–water partition coefficient (Wildman–Crippen LogP) is 0.726. The second-order valence-electron chi connectivity index (χ2n) is 3.74.